The monoisotopic (exact) mass is 303 g/mol. The van der Waals surface area contributed by atoms with Crippen LogP contribution in [0.25, 0.3) is 22.2 Å². The van der Waals surface area contributed by atoms with E-state index in [2.05, 4.69) is 4.98 Å². The Kier molecular flexibility index (Phi) is 3.39. The van der Waals surface area contributed by atoms with Gasteiger partial charge in [0, 0.05) is 16.5 Å². The van der Waals surface area contributed by atoms with Gasteiger partial charge >= 0.3 is 0 Å². The molecule has 3 aromatic rings. The molecular weight excluding hydrogens is 293 g/mol. The van der Waals surface area contributed by atoms with E-state index in [1.807, 2.05) is 0 Å². The Balaban J connectivity index is 2.27. The predicted octanol–water partition coefficient (Wildman–Crippen LogP) is 4.45. The average molecular weight is 304 g/mol. The van der Waals surface area contributed by atoms with E-state index in [0.717, 1.165) is 6.29 Å². The van der Waals surface area contributed by atoms with Gasteiger partial charge in [-0.05, 0) is 24.3 Å². The molecule has 0 radical (unpaired) electrons. The first-order valence-corrected chi connectivity index (χ1v) is 6.62. The standard InChI is InChI=1S/C16H11ClFNO2/c1-21-14-6-5-9(7-13(14)18)15-11(8-20)10-3-2-4-12(17)16(10)19-15/h2-8,19H,1H3. The zero-order valence-electron chi connectivity index (χ0n) is 11.1. The van der Waals surface area contributed by atoms with E-state index < -0.39 is 5.82 Å². The van der Waals surface area contributed by atoms with Crippen LogP contribution in [0.5, 0.6) is 5.75 Å². The number of hydrogen-bond acceptors (Lipinski definition) is 2. The molecule has 0 spiro atoms. The molecule has 0 amide bonds. The fourth-order valence-electron chi connectivity index (χ4n) is 2.37. The third-order valence-electron chi connectivity index (χ3n) is 3.38. The van der Waals surface area contributed by atoms with Crippen molar-refractivity contribution in [3.05, 3.63) is 52.8 Å². The van der Waals surface area contributed by atoms with Gasteiger partial charge in [0.2, 0.25) is 0 Å². The molecule has 0 atom stereocenters. The Morgan fingerprint density at radius 3 is 2.76 bits per heavy atom. The van der Waals surface area contributed by atoms with Crippen LogP contribution >= 0.6 is 11.6 Å². The van der Waals surface area contributed by atoms with Crippen LogP contribution in [0.4, 0.5) is 4.39 Å². The Labute approximate surface area is 125 Å². The van der Waals surface area contributed by atoms with Crippen molar-refractivity contribution >= 4 is 28.8 Å². The quantitative estimate of drug-likeness (QED) is 0.726. The van der Waals surface area contributed by atoms with E-state index in [1.165, 1.54) is 19.2 Å². The molecule has 3 nitrogen and oxygen atoms in total. The van der Waals surface area contributed by atoms with Gasteiger partial charge in [0.15, 0.2) is 17.9 Å². The van der Waals surface area contributed by atoms with Crippen LogP contribution in [0.1, 0.15) is 10.4 Å². The molecule has 0 bridgehead atoms. The summed E-state index contributed by atoms with van der Waals surface area (Å²) in [6, 6.07) is 9.83. The lowest BCUT2D eigenvalue weighted by molar-refractivity contribution is 0.112. The largest absolute Gasteiger partial charge is 0.494 e. The maximum Gasteiger partial charge on any atom is 0.165 e. The molecule has 5 heteroatoms. The van der Waals surface area contributed by atoms with Crippen molar-refractivity contribution in [2.75, 3.05) is 7.11 Å². The first-order chi connectivity index (χ1) is 10.2. The highest BCUT2D eigenvalue weighted by Gasteiger charge is 2.15. The third kappa shape index (κ3) is 2.17. The summed E-state index contributed by atoms with van der Waals surface area (Å²) in [5.74, 6) is -0.336. The second-order valence-corrected chi connectivity index (χ2v) is 4.95. The summed E-state index contributed by atoms with van der Waals surface area (Å²) in [7, 11) is 1.40. The summed E-state index contributed by atoms with van der Waals surface area (Å²) in [5.41, 5.74) is 2.21. The highest BCUT2D eigenvalue weighted by molar-refractivity contribution is 6.35. The van der Waals surface area contributed by atoms with Gasteiger partial charge in [0.25, 0.3) is 0 Å². The molecule has 106 valence electrons. The molecule has 1 aromatic heterocycles. The van der Waals surface area contributed by atoms with Gasteiger partial charge in [-0.2, -0.15) is 0 Å². The summed E-state index contributed by atoms with van der Waals surface area (Å²) >= 11 is 6.12. The number of carbonyl (C=O) groups is 1. The minimum absolute atomic E-state index is 0.153. The van der Waals surface area contributed by atoms with Crippen molar-refractivity contribution in [2.24, 2.45) is 0 Å². The average Bonchev–Trinajstić information content (AvgIpc) is 2.87. The molecule has 0 saturated heterocycles. The number of rotatable bonds is 3. The fourth-order valence-corrected chi connectivity index (χ4v) is 2.60. The fraction of sp³-hybridized carbons (Fsp3) is 0.0625. The summed E-state index contributed by atoms with van der Waals surface area (Å²) in [5, 5.41) is 1.22. The minimum Gasteiger partial charge on any atom is -0.494 e. The molecule has 0 aliphatic heterocycles. The Hall–Kier alpha value is -2.33. The van der Waals surface area contributed by atoms with Crippen LogP contribution in [0.2, 0.25) is 5.02 Å². The first-order valence-electron chi connectivity index (χ1n) is 6.25. The molecule has 0 saturated carbocycles. The second-order valence-electron chi connectivity index (χ2n) is 4.54. The van der Waals surface area contributed by atoms with Gasteiger partial charge in [0.05, 0.1) is 23.3 Å². The number of H-pyrrole nitrogens is 1. The van der Waals surface area contributed by atoms with Gasteiger partial charge in [0.1, 0.15) is 0 Å². The molecule has 1 N–H and O–H groups in total. The number of halogens is 2. The van der Waals surface area contributed by atoms with Crippen LogP contribution in [0.15, 0.2) is 36.4 Å². The number of fused-ring (bicyclic) bond motifs is 1. The van der Waals surface area contributed by atoms with Crippen molar-refractivity contribution in [3.8, 4) is 17.0 Å². The highest BCUT2D eigenvalue weighted by Crippen LogP contribution is 2.34. The Morgan fingerprint density at radius 2 is 2.10 bits per heavy atom. The van der Waals surface area contributed by atoms with Crippen LogP contribution < -0.4 is 4.74 Å². The highest BCUT2D eigenvalue weighted by atomic mass is 35.5. The lowest BCUT2D eigenvalue weighted by Gasteiger charge is -2.04. The Bertz CT molecular complexity index is 842. The third-order valence-corrected chi connectivity index (χ3v) is 3.70. The second kappa shape index (κ2) is 5.22. The van der Waals surface area contributed by atoms with E-state index in [0.29, 0.717) is 32.7 Å². The number of ether oxygens (including phenoxy) is 1. The number of benzene rings is 2. The van der Waals surface area contributed by atoms with Gasteiger partial charge in [-0.25, -0.2) is 4.39 Å². The van der Waals surface area contributed by atoms with Crippen molar-refractivity contribution in [1.29, 1.82) is 0 Å². The van der Waals surface area contributed by atoms with Crippen LogP contribution in [-0.4, -0.2) is 18.4 Å². The van der Waals surface area contributed by atoms with Crippen LogP contribution in [0.3, 0.4) is 0 Å². The molecular formula is C16H11ClFNO2. The van der Waals surface area contributed by atoms with E-state index in [9.17, 15) is 9.18 Å². The van der Waals surface area contributed by atoms with Gasteiger partial charge in [-0.15, -0.1) is 0 Å². The van der Waals surface area contributed by atoms with E-state index in [-0.39, 0.29) is 5.75 Å². The predicted molar refractivity (Wildman–Crippen MR) is 80.6 cm³/mol. The van der Waals surface area contributed by atoms with Crippen molar-refractivity contribution in [1.82, 2.24) is 4.98 Å². The molecule has 3 rings (SSSR count). The summed E-state index contributed by atoms with van der Waals surface area (Å²) in [4.78, 5) is 14.5. The zero-order valence-corrected chi connectivity index (χ0v) is 11.9. The number of methoxy groups -OCH3 is 1. The summed E-state index contributed by atoms with van der Waals surface area (Å²) in [6.07, 6.45) is 0.743. The number of aromatic amines is 1. The molecule has 1 heterocycles. The lowest BCUT2D eigenvalue weighted by atomic mass is 10.1. The maximum atomic E-state index is 13.9. The SMILES string of the molecule is COc1ccc(-c2[nH]c3c(Cl)cccc3c2C=O)cc1F. The van der Waals surface area contributed by atoms with Gasteiger partial charge in [-0.3, -0.25) is 4.79 Å². The number of aldehydes is 1. The number of para-hydroxylation sites is 1. The maximum absolute atomic E-state index is 13.9. The number of carbonyl (C=O) groups excluding carboxylic acids is 1. The van der Waals surface area contributed by atoms with E-state index in [1.54, 1.807) is 24.3 Å². The van der Waals surface area contributed by atoms with E-state index in [4.69, 9.17) is 16.3 Å². The minimum atomic E-state index is -0.489. The molecule has 2 aromatic carbocycles. The van der Waals surface area contributed by atoms with Crippen molar-refractivity contribution in [2.45, 2.75) is 0 Å². The van der Waals surface area contributed by atoms with Crippen molar-refractivity contribution < 1.29 is 13.9 Å². The zero-order chi connectivity index (χ0) is 15.0. The molecule has 0 aliphatic carbocycles. The van der Waals surface area contributed by atoms with Crippen molar-refractivity contribution in [3.63, 3.8) is 0 Å². The molecule has 0 fully saturated rings. The first kappa shape index (κ1) is 13.6. The normalized spacial score (nSPS) is 10.8. The van der Waals surface area contributed by atoms with Gasteiger partial charge < -0.3 is 9.72 Å². The number of nitrogens with one attached hydrogen (secondary N) is 1. The molecule has 0 aliphatic rings. The lowest BCUT2D eigenvalue weighted by Crippen LogP contribution is -1.90. The summed E-state index contributed by atoms with van der Waals surface area (Å²) < 4.78 is 18.7. The number of hydrogen-bond donors (Lipinski definition) is 1. The Morgan fingerprint density at radius 1 is 1.29 bits per heavy atom. The van der Waals surface area contributed by atoms with Gasteiger partial charge in [-0.1, -0.05) is 23.7 Å². The molecule has 0 unspecified atom stereocenters. The smallest absolute Gasteiger partial charge is 0.165 e. The van der Waals surface area contributed by atoms with Crippen LogP contribution in [-0.2, 0) is 0 Å². The molecule has 21 heavy (non-hydrogen) atoms. The summed E-state index contributed by atoms with van der Waals surface area (Å²) in [6.45, 7) is 0. The topological polar surface area (TPSA) is 42.1 Å². The van der Waals surface area contributed by atoms with E-state index >= 15 is 0 Å². The number of aromatic nitrogens is 1. The van der Waals surface area contributed by atoms with Crippen LogP contribution in [0, 0.1) is 5.82 Å².